The number of hydrogen-bond acceptors (Lipinski definition) is 3. The van der Waals surface area contributed by atoms with Gasteiger partial charge in [-0.05, 0) is 36.4 Å². The molecular weight excluding hydrogens is 409 g/mol. The van der Waals surface area contributed by atoms with Crippen LogP contribution in [0.1, 0.15) is 27.4 Å². The van der Waals surface area contributed by atoms with Crippen LogP contribution in [0, 0.1) is 0 Å². The molecule has 4 rings (SSSR count). The lowest BCUT2D eigenvalue weighted by Crippen LogP contribution is -2.33. The van der Waals surface area contributed by atoms with Crippen LogP contribution in [0.5, 0.6) is 11.5 Å². The van der Waals surface area contributed by atoms with Crippen LogP contribution < -0.4 is 15.4 Å². The van der Waals surface area contributed by atoms with E-state index in [0.717, 1.165) is 11.1 Å². The van der Waals surface area contributed by atoms with Gasteiger partial charge in [-0.2, -0.15) is 13.2 Å². The third-order valence-electron chi connectivity index (χ3n) is 4.81. The minimum atomic E-state index is -4.49. The Balaban J connectivity index is 1.52. The number of carbonyl (C=O) groups is 2. The van der Waals surface area contributed by atoms with Gasteiger partial charge in [0, 0.05) is 22.4 Å². The number of nitrogens with one attached hydrogen (secondary N) is 2. The van der Waals surface area contributed by atoms with Gasteiger partial charge in [0.05, 0.1) is 5.92 Å². The van der Waals surface area contributed by atoms with Crippen molar-refractivity contribution in [3.8, 4) is 11.5 Å². The second kappa shape index (κ2) is 8.14. The molecule has 3 aromatic carbocycles. The van der Waals surface area contributed by atoms with Gasteiger partial charge in [-0.25, -0.2) is 0 Å². The average molecular weight is 426 g/mol. The quantitative estimate of drug-likeness (QED) is 0.627. The number of benzene rings is 3. The summed E-state index contributed by atoms with van der Waals surface area (Å²) in [5, 5.41) is 4.62. The normalized spacial score (nSPS) is 12.9. The average Bonchev–Trinajstić information content (AvgIpc) is 2.75. The van der Waals surface area contributed by atoms with Crippen LogP contribution in [-0.2, 0) is 4.79 Å². The van der Waals surface area contributed by atoms with Crippen LogP contribution in [0.2, 0.25) is 0 Å². The molecule has 0 spiro atoms. The summed E-state index contributed by atoms with van der Waals surface area (Å²) >= 11 is 0. The predicted molar refractivity (Wildman–Crippen MR) is 108 cm³/mol. The molecule has 0 saturated heterocycles. The Morgan fingerprint density at radius 2 is 1.39 bits per heavy atom. The SMILES string of the molecule is O=C(NCC(F)(F)F)c1ccc(NC(=O)C2c3ccccc3Oc3ccccc32)cc1. The third kappa shape index (κ3) is 4.53. The summed E-state index contributed by atoms with van der Waals surface area (Å²) in [6, 6.07) is 20.2. The van der Waals surface area contributed by atoms with E-state index in [1.807, 2.05) is 41.7 Å². The molecule has 0 fully saturated rings. The van der Waals surface area contributed by atoms with E-state index in [9.17, 15) is 22.8 Å². The molecule has 0 radical (unpaired) electrons. The van der Waals surface area contributed by atoms with Gasteiger partial charge in [-0.3, -0.25) is 9.59 Å². The number of para-hydroxylation sites is 2. The van der Waals surface area contributed by atoms with Gasteiger partial charge in [0.2, 0.25) is 5.91 Å². The van der Waals surface area contributed by atoms with Crippen molar-refractivity contribution < 1.29 is 27.5 Å². The van der Waals surface area contributed by atoms with Crippen molar-refractivity contribution >= 4 is 17.5 Å². The number of ether oxygens (including phenoxy) is 1. The molecule has 1 aliphatic rings. The first-order chi connectivity index (χ1) is 14.8. The minimum Gasteiger partial charge on any atom is -0.457 e. The highest BCUT2D eigenvalue weighted by molar-refractivity contribution is 6.00. The number of hydrogen-bond donors (Lipinski definition) is 2. The molecular formula is C23H17F3N2O3. The molecule has 0 aliphatic carbocycles. The maximum absolute atomic E-state index is 13.2. The summed E-state index contributed by atoms with van der Waals surface area (Å²) in [6.07, 6.45) is -4.49. The van der Waals surface area contributed by atoms with Crippen LogP contribution in [0.25, 0.3) is 0 Å². The fraction of sp³-hybridized carbons (Fsp3) is 0.130. The summed E-state index contributed by atoms with van der Waals surface area (Å²) in [4.78, 5) is 25.0. The van der Waals surface area contributed by atoms with E-state index in [0.29, 0.717) is 17.2 Å². The number of rotatable bonds is 4. The fourth-order valence-corrected chi connectivity index (χ4v) is 3.39. The zero-order valence-electron chi connectivity index (χ0n) is 16.1. The zero-order valence-corrected chi connectivity index (χ0v) is 16.1. The first kappa shape index (κ1) is 20.5. The smallest absolute Gasteiger partial charge is 0.405 e. The van der Waals surface area contributed by atoms with Crippen molar-refractivity contribution in [3.63, 3.8) is 0 Å². The van der Waals surface area contributed by atoms with Crippen molar-refractivity contribution in [1.29, 1.82) is 0 Å². The summed E-state index contributed by atoms with van der Waals surface area (Å²) in [5.74, 6) is -0.549. The molecule has 2 amide bonds. The van der Waals surface area contributed by atoms with Gasteiger partial charge in [0.25, 0.3) is 5.91 Å². The van der Waals surface area contributed by atoms with Crippen LogP contribution in [0.3, 0.4) is 0 Å². The Kier molecular flexibility index (Phi) is 5.37. The van der Waals surface area contributed by atoms with Gasteiger partial charge in [-0.1, -0.05) is 36.4 Å². The summed E-state index contributed by atoms with van der Waals surface area (Å²) in [5.41, 5.74) is 1.92. The van der Waals surface area contributed by atoms with Gasteiger partial charge in [0.15, 0.2) is 0 Å². The van der Waals surface area contributed by atoms with Crippen molar-refractivity contribution in [1.82, 2.24) is 5.32 Å². The second-order valence-electron chi connectivity index (χ2n) is 6.98. The number of fused-ring (bicyclic) bond motifs is 2. The van der Waals surface area contributed by atoms with E-state index in [2.05, 4.69) is 5.32 Å². The largest absolute Gasteiger partial charge is 0.457 e. The highest BCUT2D eigenvalue weighted by Crippen LogP contribution is 2.44. The zero-order chi connectivity index (χ0) is 22.0. The Morgan fingerprint density at radius 1 is 0.839 bits per heavy atom. The van der Waals surface area contributed by atoms with Gasteiger partial charge >= 0.3 is 6.18 Å². The lowest BCUT2D eigenvalue weighted by atomic mass is 9.87. The van der Waals surface area contributed by atoms with E-state index in [1.165, 1.54) is 24.3 Å². The van der Waals surface area contributed by atoms with E-state index in [-0.39, 0.29) is 11.5 Å². The van der Waals surface area contributed by atoms with Crippen LogP contribution >= 0.6 is 0 Å². The summed E-state index contributed by atoms with van der Waals surface area (Å²) < 4.78 is 42.7. The number of anilines is 1. The standard InChI is InChI=1S/C23H17F3N2O3/c24-23(25,26)13-27-21(29)14-9-11-15(12-10-14)28-22(30)20-16-5-1-3-7-18(16)31-19-8-4-2-6-17(19)20/h1-12,20H,13H2,(H,27,29)(H,28,30). The molecule has 5 nitrogen and oxygen atoms in total. The van der Waals surface area contributed by atoms with E-state index < -0.39 is 24.5 Å². The highest BCUT2D eigenvalue weighted by Gasteiger charge is 2.32. The molecule has 3 aromatic rings. The van der Waals surface area contributed by atoms with Crippen molar-refractivity contribution in [2.45, 2.75) is 12.1 Å². The van der Waals surface area contributed by atoms with E-state index >= 15 is 0 Å². The Bertz CT molecular complexity index is 1080. The number of alkyl halides is 3. The topological polar surface area (TPSA) is 67.4 Å². The maximum atomic E-state index is 13.2. The molecule has 0 atom stereocenters. The fourth-order valence-electron chi connectivity index (χ4n) is 3.39. The molecule has 1 heterocycles. The lowest BCUT2D eigenvalue weighted by Gasteiger charge is -2.27. The van der Waals surface area contributed by atoms with Crippen molar-refractivity contribution in [3.05, 3.63) is 89.5 Å². The predicted octanol–water partition coefficient (Wildman–Crippen LogP) is 4.86. The molecule has 0 saturated carbocycles. The second-order valence-corrected chi connectivity index (χ2v) is 6.98. The maximum Gasteiger partial charge on any atom is 0.405 e. The minimum absolute atomic E-state index is 0.0593. The lowest BCUT2D eigenvalue weighted by molar-refractivity contribution is -0.123. The molecule has 158 valence electrons. The molecule has 0 bridgehead atoms. The summed E-state index contributed by atoms with van der Waals surface area (Å²) in [6.45, 7) is -1.41. The summed E-state index contributed by atoms with van der Waals surface area (Å²) in [7, 11) is 0. The molecule has 31 heavy (non-hydrogen) atoms. The first-order valence-corrected chi connectivity index (χ1v) is 9.43. The molecule has 8 heteroatoms. The van der Waals surface area contributed by atoms with Gasteiger partial charge in [0.1, 0.15) is 18.0 Å². The molecule has 1 aliphatic heterocycles. The third-order valence-corrected chi connectivity index (χ3v) is 4.81. The number of amides is 2. The van der Waals surface area contributed by atoms with E-state index in [1.54, 1.807) is 12.1 Å². The molecule has 0 aromatic heterocycles. The monoisotopic (exact) mass is 426 g/mol. The molecule has 0 unspecified atom stereocenters. The van der Waals surface area contributed by atoms with Gasteiger partial charge in [-0.15, -0.1) is 0 Å². The Hall–Kier alpha value is -3.81. The number of carbonyl (C=O) groups excluding carboxylic acids is 2. The van der Waals surface area contributed by atoms with Gasteiger partial charge < -0.3 is 15.4 Å². The van der Waals surface area contributed by atoms with E-state index in [4.69, 9.17) is 4.74 Å². The molecule has 2 N–H and O–H groups in total. The van der Waals surface area contributed by atoms with Crippen molar-refractivity contribution in [2.24, 2.45) is 0 Å². The van der Waals surface area contributed by atoms with Crippen molar-refractivity contribution in [2.75, 3.05) is 11.9 Å². The van der Waals surface area contributed by atoms with Crippen LogP contribution in [0.4, 0.5) is 18.9 Å². The first-order valence-electron chi connectivity index (χ1n) is 9.43. The highest BCUT2D eigenvalue weighted by atomic mass is 19.4. The Labute approximate surface area is 175 Å². The Morgan fingerprint density at radius 3 is 1.94 bits per heavy atom. The van der Waals surface area contributed by atoms with Crippen LogP contribution in [-0.4, -0.2) is 24.5 Å². The van der Waals surface area contributed by atoms with Crippen LogP contribution in [0.15, 0.2) is 72.8 Å². The number of halogens is 3.